The molecule has 0 aliphatic carbocycles. The summed E-state index contributed by atoms with van der Waals surface area (Å²) in [5.74, 6) is 2.01. The van der Waals surface area contributed by atoms with E-state index in [1.54, 1.807) is 6.21 Å². The minimum Gasteiger partial charge on any atom is -0.341 e. The fourth-order valence-corrected chi connectivity index (χ4v) is 3.56. The monoisotopic (exact) mass is 377 g/mol. The number of hydrogen-bond acceptors (Lipinski definition) is 7. The van der Waals surface area contributed by atoms with Crippen LogP contribution in [0.5, 0.6) is 0 Å². The van der Waals surface area contributed by atoms with E-state index < -0.39 is 0 Å². The second-order valence-electron chi connectivity index (χ2n) is 7.32. The number of hydrogen-bond donors (Lipinski definition) is 1. The number of nitrogens with one attached hydrogen (secondary N) is 1. The van der Waals surface area contributed by atoms with Gasteiger partial charge in [0.1, 0.15) is 0 Å². The molecule has 2 fully saturated rings. The molecule has 2 saturated heterocycles. The Balaban J connectivity index is 1.50. The van der Waals surface area contributed by atoms with Gasteiger partial charge >= 0.3 is 0 Å². The minimum atomic E-state index is 0.502. The van der Waals surface area contributed by atoms with E-state index in [-0.39, 0.29) is 0 Å². The van der Waals surface area contributed by atoms with E-state index >= 15 is 0 Å². The van der Waals surface area contributed by atoms with E-state index in [1.165, 1.54) is 25.7 Å². The van der Waals surface area contributed by atoms with Crippen LogP contribution in [0.2, 0.25) is 0 Å². The summed E-state index contributed by atoms with van der Waals surface area (Å²) in [4.78, 5) is 18.4. The van der Waals surface area contributed by atoms with Gasteiger partial charge in [-0.1, -0.05) is 36.4 Å². The summed E-state index contributed by atoms with van der Waals surface area (Å²) < 4.78 is 0. The number of nitrogens with zero attached hydrogens (tertiary/aromatic N) is 6. The molecule has 146 valence electrons. The van der Waals surface area contributed by atoms with E-state index in [0.29, 0.717) is 5.95 Å². The van der Waals surface area contributed by atoms with Gasteiger partial charge in [-0.3, -0.25) is 0 Å². The van der Waals surface area contributed by atoms with Crippen molar-refractivity contribution in [1.82, 2.24) is 15.0 Å². The minimum absolute atomic E-state index is 0.502. The lowest BCUT2D eigenvalue weighted by Crippen LogP contribution is -2.25. The van der Waals surface area contributed by atoms with Crippen LogP contribution in [0.3, 0.4) is 0 Å². The molecule has 0 saturated carbocycles. The largest absolute Gasteiger partial charge is 0.341 e. The molecule has 0 unspecified atom stereocenters. The van der Waals surface area contributed by atoms with Crippen LogP contribution >= 0.6 is 0 Å². The summed E-state index contributed by atoms with van der Waals surface area (Å²) in [5, 5.41) is 4.34. The van der Waals surface area contributed by atoms with Crippen LogP contribution in [-0.2, 0) is 0 Å². The zero-order valence-electron chi connectivity index (χ0n) is 16.4. The number of allylic oxidation sites excluding steroid dienone is 1. The van der Waals surface area contributed by atoms with Crippen LogP contribution < -0.4 is 15.2 Å². The van der Waals surface area contributed by atoms with Crippen molar-refractivity contribution in [3.8, 4) is 0 Å². The summed E-state index contributed by atoms with van der Waals surface area (Å²) in [6, 6.07) is 10.2. The molecule has 0 atom stereocenters. The summed E-state index contributed by atoms with van der Waals surface area (Å²) >= 11 is 0. The quantitative estimate of drug-likeness (QED) is 0.613. The van der Waals surface area contributed by atoms with Crippen molar-refractivity contribution in [1.29, 1.82) is 0 Å². The first-order chi connectivity index (χ1) is 13.8. The van der Waals surface area contributed by atoms with Crippen LogP contribution in [0.15, 0.2) is 41.0 Å². The summed E-state index contributed by atoms with van der Waals surface area (Å²) in [5.41, 5.74) is 5.20. The Kier molecular flexibility index (Phi) is 5.80. The lowest BCUT2D eigenvalue weighted by atomic mass is 10.1. The Bertz CT molecular complexity index is 801. The topological polar surface area (TPSA) is 69.5 Å². The molecule has 4 rings (SSSR count). The molecule has 28 heavy (non-hydrogen) atoms. The number of benzene rings is 1. The second-order valence-corrected chi connectivity index (χ2v) is 7.32. The maximum atomic E-state index is 4.72. The molecule has 7 nitrogen and oxygen atoms in total. The van der Waals surface area contributed by atoms with Crippen LogP contribution in [0, 0.1) is 0 Å². The Labute approximate surface area is 166 Å². The summed E-state index contributed by atoms with van der Waals surface area (Å²) in [7, 11) is 0. The molecule has 0 radical (unpaired) electrons. The molecule has 0 spiro atoms. The molecule has 0 amide bonds. The first-order valence-electron chi connectivity index (χ1n) is 10.1. The van der Waals surface area contributed by atoms with E-state index in [4.69, 9.17) is 4.98 Å². The van der Waals surface area contributed by atoms with Gasteiger partial charge in [0.05, 0.1) is 6.21 Å². The van der Waals surface area contributed by atoms with E-state index in [2.05, 4.69) is 48.5 Å². The fourth-order valence-electron chi connectivity index (χ4n) is 3.56. The van der Waals surface area contributed by atoms with Crippen molar-refractivity contribution in [2.45, 2.75) is 32.6 Å². The van der Waals surface area contributed by atoms with Crippen molar-refractivity contribution < 1.29 is 0 Å². The molecule has 2 aliphatic rings. The normalized spacial score (nSPS) is 17.7. The van der Waals surface area contributed by atoms with Crippen molar-refractivity contribution in [2.75, 3.05) is 41.4 Å². The second kappa shape index (κ2) is 8.82. The van der Waals surface area contributed by atoms with E-state index in [0.717, 1.165) is 49.2 Å². The molecule has 1 N–H and O–H groups in total. The van der Waals surface area contributed by atoms with Gasteiger partial charge in [0.25, 0.3) is 0 Å². The van der Waals surface area contributed by atoms with Crippen LogP contribution in [0.4, 0.5) is 17.8 Å². The molecule has 3 heterocycles. The van der Waals surface area contributed by atoms with Gasteiger partial charge in [-0.2, -0.15) is 20.1 Å². The number of anilines is 3. The molecule has 1 aromatic carbocycles. The smallest absolute Gasteiger partial charge is 0.250 e. The van der Waals surface area contributed by atoms with Crippen molar-refractivity contribution in [3.63, 3.8) is 0 Å². The standard InChI is InChI=1S/C21H27N7/c1-17(15-18-9-3-2-4-10-18)16-22-26-19-23-20(27-11-5-6-12-27)25-21(24-19)28-13-7-8-14-28/h2-4,9-10,15-16H,5-8,11-14H2,1H3,(H,23,24,25,26)/b17-15+,22-16?. The Morgan fingerprint density at radius 2 is 1.46 bits per heavy atom. The van der Waals surface area contributed by atoms with Gasteiger partial charge in [-0.05, 0) is 43.7 Å². The zero-order chi connectivity index (χ0) is 19.2. The molecular weight excluding hydrogens is 350 g/mol. The fraction of sp³-hybridized carbons (Fsp3) is 0.429. The number of hydrazone groups is 1. The first kappa shape index (κ1) is 18.4. The Morgan fingerprint density at radius 1 is 0.893 bits per heavy atom. The lowest BCUT2D eigenvalue weighted by molar-refractivity contribution is 0.838. The molecule has 0 bridgehead atoms. The molecule has 2 aliphatic heterocycles. The maximum absolute atomic E-state index is 4.72. The van der Waals surface area contributed by atoms with Gasteiger partial charge in [-0.25, -0.2) is 5.43 Å². The van der Waals surface area contributed by atoms with Crippen LogP contribution in [0.1, 0.15) is 38.2 Å². The third-order valence-corrected chi connectivity index (χ3v) is 5.02. The van der Waals surface area contributed by atoms with Gasteiger partial charge in [-0.15, -0.1) is 0 Å². The van der Waals surface area contributed by atoms with E-state index in [9.17, 15) is 0 Å². The molecule has 1 aromatic heterocycles. The van der Waals surface area contributed by atoms with E-state index in [1.807, 2.05) is 25.1 Å². The van der Waals surface area contributed by atoms with Crippen molar-refractivity contribution in [2.24, 2.45) is 5.10 Å². The highest BCUT2D eigenvalue weighted by molar-refractivity contribution is 5.85. The van der Waals surface area contributed by atoms with Crippen LogP contribution in [-0.4, -0.2) is 47.3 Å². The first-order valence-corrected chi connectivity index (χ1v) is 10.1. The van der Waals surface area contributed by atoms with Gasteiger partial charge in [0, 0.05) is 26.2 Å². The highest BCUT2D eigenvalue weighted by Gasteiger charge is 2.21. The van der Waals surface area contributed by atoms with Crippen molar-refractivity contribution in [3.05, 3.63) is 41.5 Å². The summed E-state index contributed by atoms with van der Waals surface area (Å²) in [6.45, 7) is 6.04. The van der Waals surface area contributed by atoms with Gasteiger partial charge in [0.2, 0.25) is 17.8 Å². The van der Waals surface area contributed by atoms with Gasteiger partial charge in [0.15, 0.2) is 0 Å². The number of rotatable bonds is 6. The third kappa shape index (κ3) is 4.65. The van der Waals surface area contributed by atoms with Crippen molar-refractivity contribution >= 4 is 30.1 Å². The zero-order valence-corrected chi connectivity index (χ0v) is 16.4. The lowest BCUT2D eigenvalue weighted by Gasteiger charge is -2.20. The highest BCUT2D eigenvalue weighted by Crippen LogP contribution is 2.22. The maximum Gasteiger partial charge on any atom is 0.250 e. The summed E-state index contributed by atoms with van der Waals surface area (Å²) in [6.07, 6.45) is 8.64. The van der Waals surface area contributed by atoms with Crippen LogP contribution in [0.25, 0.3) is 6.08 Å². The average Bonchev–Trinajstić information content (AvgIpc) is 3.43. The highest BCUT2D eigenvalue weighted by atomic mass is 15.4. The predicted octanol–water partition coefficient (Wildman–Crippen LogP) is 3.57. The number of aromatic nitrogens is 3. The Hall–Kier alpha value is -2.96. The molecule has 7 heteroatoms. The molecular formula is C21H27N7. The predicted molar refractivity (Wildman–Crippen MR) is 115 cm³/mol. The van der Waals surface area contributed by atoms with Gasteiger partial charge < -0.3 is 9.80 Å². The average molecular weight is 377 g/mol. The SMILES string of the molecule is C/C(C=NNc1nc(N2CCCC2)nc(N2CCCC2)n1)=C\c1ccccc1. The Morgan fingerprint density at radius 3 is 2.04 bits per heavy atom. The third-order valence-electron chi connectivity index (χ3n) is 5.02. The molecule has 2 aromatic rings.